The topological polar surface area (TPSA) is 88.6 Å². The third kappa shape index (κ3) is 4.04. The maximum atomic E-state index is 12.7. The van der Waals surface area contributed by atoms with Crippen LogP contribution >= 0.6 is 11.3 Å². The van der Waals surface area contributed by atoms with Crippen molar-refractivity contribution < 1.29 is 19.1 Å². The van der Waals surface area contributed by atoms with Gasteiger partial charge in [0.05, 0.1) is 33.3 Å². The maximum Gasteiger partial charge on any atom is 0.338 e. The zero-order chi connectivity index (χ0) is 21.3. The van der Waals surface area contributed by atoms with Crippen molar-refractivity contribution in [2.45, 2.75) is 20.3 Å². The van der Waals surface area contributed by atoms with Crippen LogP contribution in [0.2, 0.25) is 0 Å². The summed E-state index contributed by atoms with van der Waals surface area (Å²) >= 11 is 1.61. The summed E-state index contributed by atoms with van der Waals surface area (Å²) in [5.74, 6) is -1.16. The molecule has 154 valence electrons. The molecular weight excluding hydrogens is 402 g/mol. The van der Waals surface area contributed by atoms with Crippen LogP contribution in [0.5, 0.6) is 0 Å². The lowest BCUT2D eigenvalue weighted by Crippen LogP contribution is -2.28. The summed E-state index contributed by atoms with van der Waals surface area (Å²) in [6.07, 6.45) is 0.154. The highest BCUT2D eigenvalue weighted by atomic mass is 32.1. The number of carbonyl (C=O) groups excluding carboxylic acids is 3. The first-order valence-corrected chi connectivity index (χ1v) is 10.5. The van der Waals surface area contributed by atoms with Crippen molar-refractivity contribution in [1.82, 2.24) is 4.98 Å². The van der Waals surface area contributed by atoms with Gasteiger partial charge in [-0.1, -0.05) is 0 Å². The fraction of sp³-hybridized carbons (Fsp3) is 0.273. The third-order valence-electron chi connectivity index (χ3n) is 4.95. The second-order valence-corrected chi connectivity index (χ2v) is 8.31. The highest BCUT2D eigenvalue weighted by Gasteiger charge is 2.35. The smallest absolute Gasteiger partial charge is 0.338 e. The fourth-order valence-corrected chi connectivity index (χ4v) is 4.29. The number of nitrogens with one attached hydrogen (secondary N) is 1. The average molecular weight is 423 g/mol. The summed E-state index contributed by atoms with van der Waals surface area (Å²) in [5.41, 5.74) is 2.60. The van der Waals surface area contributed by atoms with E-state index in [1.54, 1.807) is 47.4 Å². The van der Waals surface area contributed by atoms with Crippen molar-refractivity contribution in [3.8, 4) is 0 Å². The molecule has 2 heterocycles. The van der Waals surface area contributed by atoms with E-state index >= 15 is 0 Å². The van der Waals surface area contributed by atoms with Crippen molar-refractivity contribution >= 4 is 50.7 Å². The van der Waals surface area contributed by atoms with Gasteiger partial charge in [-0.2, -0.15) is 0 Å². The molecule has 1 aliphatic rings. The highest BCUT2D eigenvalue weighted by Crippen LogP contribution is 2.30. The Balaban J connectivity index is 1.42. The Kier molecular flexibility index (Phi) is 5.50. The summed E-state index contributed by atoms with van der Waals surface area (Å²) in [4.78, 5) is 43.1. The lowest BCUT2D eigenvalue weighted by atomic mass is 10.1. The zero-order valence-corrected chi connectivity index (χ0v) is 17.5. The fourth-order valence-electron chi connectivity index (χ4n) is 3.48. The number of aromatic nitrogens is 1. The monoisotopic (exact) mass is 423 g/mol. The number of hydrogen-bond acceptors (Lipinski definition) is 6. The number of ether oxygens (including phenoxy) is 1. The van der Waals surface area contributed by atoms with Crippen LogP contribution in [0, 0.1) is 12.8 Å². The number of esters is 1. The highest BCUT2D eigenvalue weighted by molar-refractivity contribution is 7.18. The molecule has 0 radical (unpaired) electrons. The molecule has 0 bridgehead atoms. The van der Waals surface area contributed by atoms with Gasteiger partial charge in [0.25, 0.3) is 0 Å². The van der Waals surface area contributed by atoms with Crippen LogP contribution in [-0.2, 0) is 14.3 Å². The minimum absolute atomic E-state index is 0.0842. The van der Waals surface area contributed by atoms with Crippen LogP contribution in [0.1, 0.15) is 28.7 Å². The van der Waals surface area contributed by atoms with Crippen LogP contribution in [0.4, 0.5) is 11.4 Å². The van der Waals surface area contributed by atoms with Gasteiger partial charge in [-0.05, 0) is 56.3 Å². The Morgan fingerprint density at radius 1 is 1.23 bits per heavy atom. The number of carbonyl (C=O) groups is 3. The zero-order valence-electron chi connectivity index (χ0n) is 16.7. The van der Waals surface area contributed by atoms with Gasteiger partial charge >= 0.3 is 5.97 Å². The van der Waals surface area contributed by atoms with E-state index < -0.39 is 11.9 Å². The minimum atomic E-state index is -0.449. The number of hydrogen-bond donors (Lipinski definition) is 1. The number of aryl methyl sites for hydroxylation is 1. The first kappa shape index (κ1) is 20.0. The van der Waals surface area contributed by atoms with Crippen LogP contribution in [0.15, 0.2) is 42.5 Å². The predicted octanol–water partition coefficient (Wildman–Crippen LogP) is 3.77. The minimum Gasteiger partial charge on any atom is -0.462 e. The van der Waals surface area contributed by atoms with E-state index in [1.165, 1.54) is 0 Å². The Hall–Kier alpha value is -3.26. The van der Waals surface area contributed by atoms with E-state index in [0.29, 0.717) is 24.4 Å². The molecule has 0 aliphatic carbocycles. The van der Waals surface area contributed by atoms with Gasteiger partial charge in [-0.25, -0.2) is 9.78 Å². The van der Waals surface area contributed by atoms with Crippen LogP contribution in [0.25, 0.3) is 10.2 Å². The van der Waals surface area contributed by atoms with Gasteiger partial charge in [0, 0.05) is 24.3 Å². The van der Waals surface area contributed by atoms with E-state index in [2.05, 4.69) is 10.3 Å². The molecule has 1 fully saturated rings. The molecule has 1 saturated heterocycles. The van der Waals surface area contributed by atoms with E-state index in [4.69, 9.17) is 4.74 Å². The Morgan fingerprint density at radius 3 is 2.73 bits per heavy atom. The first-order valence-electron chi connectivity index (χ1n) is 9.70. The summed E-state index contributed by atoms with van der Waals surface area (Å²) in [6, 6.07) is 12.3. The van der Waals surface area contributed by atoms with E-state index in [-0.39, 0.29) is 18.2 Å². The summed E-state index contributed by atoms with van der Waals surface area (Å²) < 4.78 is 6.02. The van der Waals surface area contributed by atoms with Gasteiger partial charge in [0.15, 0.2) is 0 Å². The van der Waals surface area contributed by atoms with E-state index in [9.17, 15) is 14.4 Å². The SMILES string of the molecule is CCOC(=O)c1ccc(NC(=O)C2CC(=O)N(c3ccc4sc(C)nc4c3)C2)cc1. The summed E-state index contributed by atoms with van der Waals surface area (Å²) in [7, 11) is 0. The van der Waals surface area contributed by atoms with E-state index in [0.717, 1.165) is 20.9 Å². The molecule has 1 atom stereocenters. The van der Waals surface area contributed by atoms with Gasteiger partial charge in [0.1, 0.15) is 0 Å². The molecule has 2 aromatic carbocycles. The van der Waals surface area contributed by atoms with Crippen LogP contribution in [0.3, 0.4) is 0 Å². The second-order valence-electron chi connectivity index (χ2n) is 7.08. The molecule has 1 aromatic heterocycles. The third-order valence-corrected chi connectivity index (χ3v) is 5.90. The van der Waals surface area contributed by atoms with Crippen molar-refractivity contribution in [3.63, 3.8) is 0 Å². The Morgan fingerprint density at radius 2 is 2.00 bits per heavy atom. The molecule has 0 saturated carbocycles. The molecule has 0 spiro atoms. The lowest BCUT2D eigenvalue weighted by Gasteiger charge is -2.16. The van der Waals surface area contributed by atoms with Gasteiger partial charge in [-0.15, -0.1) is 11.3 Å². The molecular formula is C22H21N3O4S. The Labute approximate surface area is 177 Å². The Bertz CT molecular complexity index is 1120. The van der Waals surface area contributed by atoms with Gasteiger partial charge in [-0.3, -0.25) is 9.59 Å². The first-order chi connectivity index (χ1) is 14.4. The van der Waals surface area contributed by atoms with Crippen LogP contribution < -0.4 is 10.2 Å². The average Bonchev–Trinajstić information content (AvgIpc) is 3.29. The van der Waals surface area contributed by atoms with E-state index in [1.807, 2.05) is 25.1 Å². The number of benzene rings is 2. The van der Waals surface area contributed by atoms with Gasteiger partial charge < -0.3 is 15.0 Å². The predicted molar refractivity (Wildman–Crippen MR) is 116 cm³/mol. The lowest BCUT2D eigenvalue weighted by molar-refractivity contribution is -0.122. The number of nitrogens with zero attached hydrogens (tertiary/aromatic N) is 2. The standard InChI is InChI=1S/C22H21N3O4S/c1-3-29-22(28)14-4-6-16(7-5-14)24-21(27)15-10-20(26)25(12-15)17-8-9-19-18(11-17)23-13(2)30-19/h4-9,11,15H,3,10,12H2,1-2H3,(H,24,27). The number of thiazole rings is 1. The van der Waals surface area contributed by atoms with Crippen molar-refractivity contribution in [2.24, 2.45) is 5.92 Å². The number of fused-ring (bicyclic) bond motifs is 1. The maximum absolute atomic E-state index is 12.7. The molecule has 1 unspecified atom stereocenters. The molecule has 8 heteroatoms. The second kappa shape index (κ2) is 8.23. The van der Waals surface area contributed by atoms with Crippen molar-refractivity contribution in [3.05, 3.63) is 53.0 Å². The van der Waals surface area contributed by atoms with Crippen molar-refractivity contribution in [1.29, 1.82) is 0 Å². The normalized spacial score (nSPS) is 16.1. The molecule has 4 rings (SSSR count). The quantitative estimate of drug-likeness (QED) is 0.631. The molecule has 7 nitrogen and oxygen atoms in total. The number of rotatable bonds is 5. The molecule has 1 N–H and O–H groups in total. The summed E-state index contributed by atoms with van der Waals surface area (Å²) in [6.45, 7) is 4.32. The van der Waals surface area contributed by atoms with Crippen LogP contribution in [-0.4, -0.2) is 35.9 Å². The number of amides is 2. The molecule has 30 heavy (non-hydrogen) atoms. The number of anilines is 2. The summed E-state index contributed by atoms with van der Waals surface area (Å²) in [5, 5.41) is 3.80. The molecule has 2 amide bonds. The largest absolute Gasteiger partial charge is 0.462 e. The molecule has 1 aliphatic heterocycles. The van der Waals surface area contributed by atoms with Crippen molar-refractivity contribution in [2.75, 3.05) is 23.4 Å². The van der Waals surface area contributed by atoms with Gasteiger partial charge in [0.2, 0.25) is 11.8 Å². The molecule has 3 aromatic rings.